The van der Waals surface area contributed by atoms with Crippen LogP contribution in [0.3, 0.4) is 0 Å². The molecule has 0 amide bonds. The summed E-state index contributed by atoms with van der Waals surface area (Å²) < 4.78 is 0. The van der Waals surface area contributed by atoms with Crippen LogP contribution in [0.4, 0.5) is 0 Å². The van der Waals surface area contributed by atoms with Gasteiger partial charge in [-0.3, -0.25) is 0 Å². The molecule has 0 N–H and O–H groups in total. The zero-order valence-corrected chi connectivity index (χ0v) is 15.5. The summed E-state index contributed by atoms with van der Waals surface area (Å²) in [4.78, 5) is 0. The first-order chi connectivity index (χ1) is 12.6. The third-order valence-corrected chi connectivity index (χ3v) is 6.01. The van der Waals surface area contributed by atoms with Gasteiger partial charge in [0.05, 0.1) is 0 Å². The van der Waals surface area contributed by atoms with Crippen LogP contribution in [0, 0.1) is 6.92 Å². The van der Waals surface area contributed by atoms with E-state index in [1.54, 1.807) is 0 Å². The van der Waals surface area contributed by atoms with Crippen molar-refractivity contribution in [3.8, 4) is 22.3 Å². The van der Waals surface area contributed by atoms with Crippen LogP contribution < -0.4 is 0 Å². The molecule has 0 atom stereocenters. The van der Waals surface area contributed by atoms with Crippen molar-refractivity contribution < 1.29 is 0 Å². The summed E-state index contributed by atoms with van der Waals surface area (Å²) in [7, 11) is 0. The fourth-order valence-corrected chi connectivity index (χ4v) is 4.70. The third-order valence-electron chi connectivity index (χ3n) is 6.01. The Morgan fingerprint density at radius 1 is 0.577 bits per heavy atom. The van der Waals surface area contributed by atoms with Gasteiger partial charge in [-0.05, 0) is 56.6 Å². The van der Waals surface area contributed by atoms with Gasteiger partial charge in [-0.25, -0.2) is 0 Å². The van der Waals surface area contributed by atoms with Crippen LogP contribution in [0.1, 0.15) is 30.5 Å². The van der Waals surface area contributed by atoms with Gasteiger partial charge < -0.3 is 0 Å². The first-order valence-corrected chi connectivity index (χ1v) is 9.31. The molecule has 0 heterocycles. The van der Waals surface area contributed by atoms with Crippen LogP contribution in [0.15, 0.2) is 78.9 Å². The highest BCUT2D eigenvalue weighted by molar-refractivity contribution is 6.04. The van der Waals surface area contributed by atoms with Gasteiger partial charge in [-0.15, -0.1) is 0 Å². The lowest BCUT2D eigenvalue weighted by molar-refractivity contribution is 0.660. The normalized spacial score (nSPS) is 14.3. The summed E-state index contributed by atoms with van der Waals surface area (Å²) in [5, 5.41) is 2.64. The van der Waals surface area contributed by atoms with Crippen molar-refractivity contribution >= 4 is 10.8 Å². The van der Waals surface area contributed by atoms with Gasteiger partial charge in [0.2, 0.25) is 0 Å². The lowest BCUT2D eigenvalue weighted by atomic mass is 9.81. The van der Waals surface area contributed by atoms with E-state index in [0.717, 1.165) is 0 Å². The van der Waals surface area contributed by atoms with E-state index < -0.39 is 0 Å². The molecule has 0 saturated heterocycles. The average molecular weight is 334 g/mol. The molecule has 0 bridgehead atoms. The number of aryl methyl sites for hydroxylation is 1. The van der Waals surface area contributed by atoms with Crippen molar-refractivity contribution in [3.05, 3.63) is 95.6 Å². The Labute approximate surface area is 155 Å². The molecule has 0 spiro atoms. The molecule has 0 saturated carbocycles. The number of benzene rings is 4. The first-order valence-electron chi connectivity index (χ1n) is 9.31. The third kappa shape index (κ3) is 1.96. The molecule has 0 nitrogen and oxygen atoms in total. The second kappa shape index (κ2) is 5.32. The maximum absolute atomic E-state index is 2.34. The zero-order chi connectivity index (χ0) is 17.9. The van der Waals surface area contributed by atoms with Crippen LogP contribution >= 0.6 is 0 Å². The summed E-state index contributed by atoms with van der Waals surface area (Å²) in [6, 6.07) is 28.9. The quantitative estimate of drug-likeness (QED) is 0.347. The standard InChI is InChI=1S/C26H22/c1-17-15-16-18-9-4-5-10-19(18)24(17)21-12-8-14-23-25(21)20-11-6-7-13-22(20)26(23,2)3/h4-16H,1-3H3. The fraction of sp³-hybridized carbons (Fsp3) is 0.154. The van der Waals surface area contributed by atoms with Crippen LogP contribution in [-0.4, -0.2) is 0 Å². The second-order valence-corrected chi connectivity index (χ2v) is 7.88. The highest BCUT2D eigenvalue weighted by atomic mass is 14.4. The molecule has 0 aromatic heterocycles. The van der Waals surface area contributed by atoms with Crippen LogP contribution in [0.25, 0.3) is 33.0 Å². The van der Waals surface area contributed by atoms with Gasteiger partial charge in [0.25, 0.3) is 0 Å². The van der Waals surface area contributed by atoms with E-state index >= 15 is 0 Å². The number of hydrogen-bond acceptors (Lipinski definition) is 0. The molecule has 1 aliphatic carbocycles. The van der Waals surface area contributed by atoms with Gasteiger partial charge in [0, 0.05) is 5.41 Å². The summed E-state index contributed by atoms with van der Waals surface area (Å²) in [5.74, 6) is 0. The fourth-order valence-electron chi connectivity index (χ4n) is 4.70. The van der Waals surface area contributed by atoms with Crippen LogP contribution in [0.5, 0.6) is 0 Å². The molecule has 0 radical (unpaired) electrons. The molecule has 0 aliphatic heterocycles. The molecular weight excluding hydrogens is 312 g/mol. The zero-order valence-electron chi connectivity index (χ0n) is 15.5. The highest BCUT2D eigenvalue weighted by Gasteiger charge is 2.36. The monoisotopic (exact) mass is 334 g/mol. The Morgan fingerprint density at radius 3 is 2.15 bits per heavy atom. The summed E-state index contributed by atoms with van der Waals surface area (Å²) >= 11 is 0. The van der Waals surface area contributed by atoms with Crippen molar-refractivity contribution in [3.63, 3.8) is 0 Å². The van der Waals surface area contributed by atoms with E-state index in [9.17, 15) is 0 Å². The van der Waals surface area contributed by atoms with Gasteiger partial charge in [-0.1, -0.05) is 92.7 Å². The summed E-state index contributed by atoms with van der Waals surface area (Å²) in [5.41, 5.74) is 9.76. The second-order valence-electron chi connectivity index (χ2n) is 7.88. The van der Waals surface area contributed by atoms with E-state index in [4.69, 9.17) is 0 Å². The predicted molar refractivity (Wildman–Crippen MR) is 112 cm³/mol. The first kappa shape index (κ1) is 15.4. The Balaban J connectivity index is 1.93. The van der Waals surface area contributed by atoms with Gasteiger partial charge in [0.15, 0.2) is 0 Å². The Morgan fingerprint density at radius 2 is 1.27 bits per heavy atom. The molecule has 4 aromatic carbocycles. The maximum atomic E-state index is 2.34. The predicted octanol–water partition coefficient (Wildman–Crippen LogP) is 7.12. The molecule has 0 heteroatoms. The molecule has 1 aliphatic rings. The molecule has 26 heavy (non-hydrogen) atoms. The van der Waals surface area contributed by atoms with Crippen molar-refractivity contribution in [1.29, 1.82) is 0 Å². The average Bonchev–Trinajstić information content (AvgIpc) is 2.90. The molecule has 0 fully saturated rings. The minimum absolute atomic E-state index is 0.0421. The molecule has 126 valence electrons. The Hall–Kier alpha value is -2.86. The van der Waals surface area contributed by atoms with E-state index in [2.05, 4.69) is 99.6 Å². The Bertz CT molecular complexity index is 1160. The molecule has 0 unspecified atom stereocenters. The number of fused-ring (bicyclic) bond motifs is 4. The number of hydrogen-bond donors (Lipinski definition) is 0. The number of rotatable bonds is 1. The van der Waals surface area contributed by atoms with E-state index in [1.165, 1.54) is 49.7 Å². The van der Waals surface area contributed by atoms with E-state index in [0.29, 0.717) is 0 Å². The van der Waals surface area contributed by atoms with Gasteiger partial charge in [-0.2, -0.15) is 0 Å². The largest absolute Gasteiger partial charge is 0.0619 e. The maximum Gasteiger partial charge on any atom is 0.0159 e. The lowest BCUT2D eigenvalue weighted by Crippen LogP contribution is -2.14. The van der Waals surface area contributed by atoms with E-state index in [-0.39, 0.29) is 5.41 Å². The highest BCUT2D eigenvalue weighted by Crippen LogP contribution is 2.52. The van der Waals surface area contributed by atoms with Crippen LogP contribution in [-0.2, 0) is 5.41 Å². The van der Waals surface area contributed by atoms with Crippen molar-refractivity contribution in [2.45, 2.75) is 26.2 Å². The topological polar surface area (TPSA) is 0 Å². The summed E-state index contributed by atoms with van der Waals surface area (Å²) in [6.07, 6.45) is 0. The minimum atomic E-state index is 0.0421. The molecule has 4 aromatic rings. The Kier molecular flexibility index (Phi) is 3.15. The summed E-state index contributed by atoms with van der Waals surface area (Å²) in [6.45, 7) is 6.92. The van der Waals surface area contributed by atoms with Crippen molar-refractivity contribution in [1.82, 2.24) is 0 Å². The van der Waals surface area contributed by atoms with Crippen molar-refractivity contribution in [2.24, 2.45) is 0 Å². The van der Waals surface area contributed by atoms with Crippen LogP contribution in [0.2, 0.25) is 0 Å². The van der Waals surface area contributed by atoms with E-state index in [1.807, 2.05) is 0 Å². The SMILES string of the molecule is Cc1ccc2ccccc2c1-c1cccc2c1-c1ccccc1C2(C)C. The van der Waals surface area contributed by atoms with Gasteiger partial charge in [0.1, 0.15) is 0 Å². The van der Waals surface area contributed by atoms with Crippen molar-refractivity contribution in [2.75, 3.05) is 0 Å². The molecular formula is C26H22. The smallest absolute Gasteiger partial charge is 0.0159 e. The van der Waals surface area contributed by atoms with Gasteiger partial charge >= 0.3 is 0 Å². The minimum Gasteiger partial charge on any atom is -0.0619 e. The lowest BCUT2D eigenvalue weighted by Gasteiger charge is -2.22. The molecule has 5 rings (SSSR count).